The second kappa shape index (κ2) is 5.63. The van der Waals surface area contributed by atoms with Crippen molar-refractivity contribution in [3.8, 4) is 17.7 Å². The van der Waals surface area contributed by atoms with Gasteiger partial charge in [0.05, 0.1) is 4.92 Å². The summed E-state index contributed by atoms with van der Waals surface area (Å²) in [5.74, 6) is -0.399. The molecule has 2 aromatic rings. The number of ether oxygens (including phenoxy) is 1. The van der Waals surface area contributed by atoms with Crippen molar-refractivity contribution in [2.24, 2.45) is 0 Å². The van der Waals surface area contributed by atoms with Gasteiger partial charge in [-0.1, -0.05) is 15.9 Å². The summed E-state index contributed by atoms with van der Waals surface area (Å²) in [5.41, 5.74) is -0.789. The zero-order chi connectivity index (χ0) is 14.7. The first kappa shape index (κ1) is 13.9. The van der Waals surface area contributed by atoms with Crippen molar-refractivity contribution < 1.29 is 14.1 Å². The molecule has 0 N–H and O–H groups in total. The molecular weight excluding hydrogens is 333 g/mol. The zero-order valence-corrected chi connectivity index (χ0v) is 11.3. The van der Waals surface area contributed by atoms with Crippen LogP contribution in [0.4, 0.5) is 10.1 Å². The largest absolute Gasteiger partial charge is 0.439 e. The third kappa shape index (κ3) is 3.07. The molecule has 20 heavy (non-hydrogen) atoms. The van der Waals surface area contributed by atoms with Crippen molar-refractivity contribution in [1.29, 1.82) is 5.26 Å². The van der Waals surface area contributed by atoms with Gasteiger partial charge >= 0.3 is 5.69 Å². The third-order valence-electron chi connectivity index (χ3n) is 2.21. The van der Waals surface area contributed by atoms with Crippen LogP contribution in [0, 0.1) is 27.3 Å². The minimum absolute atomic E-state index is 0.0374. The standard InChI is InChI=1S/C12H5BrFN3O3/c13-7-3-8(14)5-9(4-7)20-12-2-1-11(17(18)19)10(6-15)16-12/h1-5H. The number of aromatic nitrogens is 1. The average molecular weight is 338 g/mol. The molecular formula is C12H5BrFN3O3. The minimum atomic E-state index is -0.714. The molecule has 0 bridgehead atoms. The summed E-state index contributed by atoms with van der Waals surface area (Å²) >= 11 is 3.10. The zero-order valence-electron chi connectivity index (χ0n) is 9.71. The molecule has 0 aliphatic carbocycles. The van der Waals surface area contributed by atoms with Gasteiger partial charge in [-0.05, 0) is 12.1 Å². The maximum absolute atomic E-state index is 13.2. The van der Waals surface area contributed by atoms with Gasteiger partial charge in [-0.3, -0.25) is 10.1 Å². The maximum atomic E-state index is 13.2. The fourth-order valence-electron chi connectivity index (χ4n) is 1.43. The Balaban J connectivity index is 2.35. The molecule has 0 unspecified atom stereocenters. The van der Waals surface area contributed by atoms with E-state index in [4.69, 9.17) is 10.00 Å². The van der Waals surface area contributed by atoms with Crippen LogP contribution >= 0.6 is 15.9 Å². The van der Waals surface area contributed by atoms with Gasteiger partial charge < -0.3 is 4.74 Å². The second-order valence-corrected chi connectivity index (χ2v) is 4.51. The van der Waals surface area contributed by atoms with Gasteiger partial charge in [0.2, 0.25) is 11.6 Å². The fraction of sp³-hybridized carbons (Fsp3) is 0. The van der Waals surface area contributed by atoms with E-state index in [-0.39, 0.29) is 17.3 Å². The first-order valence-corrected chi connectivity index (χ1v) is 5.98. The minimum Gasteiger partial charge on any atom is -0.439 e. The van der Waals surface area contributed by atoms with Crippen LogP contribution in [0.1, 0.15) is 5.69 Å². The normalized spacial score (nSPS) is 9.85. The topological polar surface area (TPSA) is 89.0 Å². The molecule has 1 aromatic carbocycles. The average Bonchev–Trinajstić information content (AvgIpc) is 2.37. The number of halogens is 2. The molecule has 1 heterocycles. The number of benzene rings is 1. The highest BCUT2D eigenvalue weighted by Gasteiger charge is 2.16. The summed E-state index contributed by atoms with van der Waals surface area (Å²) in [5, 5.41) is 19.5. The van der Waals surface area contributed by atoms with E-state index >= 15 is 0 Å². The Morgan fingerprint density at radius 3 is 2.75 bits per heavy atom. The SMILES string of the molecule is N#Cc1nc(Oc2cc(F)cc(Br)c2)ccc1[N+](=O)[O-]. The Morgan fingerprint density at radius 1 is 1.40 bits per heavy atom. The quantitative estimate of drug-likeness (QED) is 0.631. The Labute approximate surface area is 120 Å². The van der Waals surface area contributed by atoms with E-state index in [1.54, 1.807) is 6.07 Å². The molecule has 8 heteroatoms. The lowest BCUT2D eigenvalue weighted by Gasteiger charge is -2.05. The van der Waals surface area contributed by atoms with Crippen LogP contribution < -0.4 is 4.74 Å². The van der Waals surface area contributed by atoms with E-state index in [2.05, 4.69) is 20.9 Å². The monoisotopic (exact) mass is 337 g/mol. The summed E-state index contributed by atoms with van der Waals surface area (Å²) in [7, 11) is 0. The molecule has 2 rings (SSSR count). The Hall–Kier alpha value is -2.53. The van der Waals surface area contributed by atoms with E-state index in [1.165, 1.54) is 18.2 Å². The molecule has 0 fully saturated rings. The first-order valence-electron chi connectivity index (χ1n) is 5.19. The molecule has 0 atom stereocenters. The number of nitriles is 1. The van der Waals surface area contributed by atoms with Gasteiger partial charge in [-0.15, -0.1) is 0 Å². The Morgan fingerprint density at radius 2 is 2.15 bits per heavy atom. The summed E-state index contributed by atoms with van der Waals surface area (Å²) in [4.78, 5) is 13.6. The van der Waals surface area contributed by atoms with Gasteiger partial charge in [0, 0.05) is 22.7 Å². The van der Waals surface area contributed by atoms with Crippen LogP contribution in [-0.4, -0.2) is 9.91 Å². The molecule has 0 saturated carbocycles. The van der Waals surface area contributed by atoms with E-state index in [0.29, 0.717) is 4.47 Å². The number of hydrogen-bond donors (Lipinski definition) is 0. The van der Waals surface area contributed by atoms with Gasteiger partial charge in [-0.25, -0.2) is 4.39 Å². The van der Waals surface area contributed by atoms with Gasteiger partial charge in [0.25, 0.3) is 0 Å². The molecule has 100 valence electrons. The van der Waals surface area contributed by atoms with Gasteiger partial charge in [-0.2, -0.15) is 10.2 Å². The van der Waals surface area contributed by atoms with Crippen LogP contribution in [0.5, 0.6) is 11.6 Å². The van der Waals surface area contributed by atoms with Crippen molar-refractivity contribution in [3.63, 3.8) is 0 Å². The van der Waals surface area contributed by atoms with Crippen molar-refractivity contribution in [3.05, 3.63) is 56.4 Å². The molecule has 0 radical (unpaired) electrons. The highest BCUT2D eigenvalue weighted by Crippen LogP contribution is 2.27. The molecule has 0 aliphatic heterocycles. The van der Waals surface area contributed by atoms with Gasteiger partial charge in [0.1, 0.15) is 17.6 Å². The van der Waals surface area contributed by atoms with Crippen molar-refractivity contribution in [1.82, 2.24) is 4.98 Å². The lowest BCUT2D eigenvalue weighted by molar-refractivity contribution is -0.385. The highest BCUT2D eigenvalue weighted by molar-refractivity contribution is 9.10. The van der Waals surface area contributed by atoms with Crippen LogP contribution in [0.2, 0.25) is 0 Å². The summed E-state index contributed by atoms with van der Waals surface area (Å²) in [6.45, 7) is 0. The van der Waals surface area contributed by atoms with Crippen LogP contribution in [0.15, 0.2) is 34.8 Å². The van der Waals surface area contributed by atoms with Gasteiger partial charge in [0.15, 0.2) is 0 Å². The molecule has 0 saturated heterocycles. The number of pyridine rings is 1. The third-order valence-corrected chi connectivity index (χ3v) is 2.67. The van der Waals surface area contributed by atoms with E-state index in [1.807, 2.05) is 0 Å². The number of nitrogens with zero attached hydrogens (tertiary/aromatic N) is 3. The first-order chi connectivity index (χ1) is 9.49. The molecule has 1 aromatic heterocycles. The lowest BCUT2D eigenvalue weighted by atomic mass is 10.3. The number of nitro groups is 1. The number of hydrogen-bond acceptors (Lipinski definition) is 5. The molecule has 0 spiro atoms. The molecule has 0 amide bonds. The maximum Gasteiger partial charge on any atom is 0.305 e. The van der Waals surface area contributed by atoms with E-state index in [9.17, 15) is 14.5 Å². The van der Waals surface area contributed by atoms with Crippen molar-refractivity contribution >= 4 is 21.6 Å². The van der Waals surface area contributed by atoms with E-state index in [0.717, 1.165) is 12.1 Å². The van der Waals surface area contributed by atoms with Crippen LogP contribution in [0.3, 0.4) is 0 Å². The van der Waals surface area contributed by atoms with Crippen molar-refractivity contribution in [2.75, 3.05) is 0 Å². The predicted octanol–water partition coefficient (Wildman–Crippen LogP) is 3.56. The molecule has 0 aliphatic rings. The lowest BCUT2D eigenvalue weighted by Crippen LogP contribution is -1.97. The summed E-state index contributed by atoms with van der Waals surface area (Å²) in [6.07, 6.45) is 0. The van der Waals surface area contributed by atoms with E-state index < -0.39 is 16.4 Å². The number of rotatable bonds is 3. The Kier molecular flexibility index (Phi) is 3.91. The van der Waals surface area contributed by atoms with Crippen LogP contribution in [0.25, 0.3) is 0 Å². The highest BCUT2D eigenvalue weighted by atomic mass is 79.9. The Bertz CT molecular complexity index is 710. The predicted molar refractivity (Wildman–Crippen MR) is 69.8 cm³/mol. The molecule has 6 nitrogen and oxygen atoms in total. The smallest absolute Gasteiger partial charge is 0.305 e. The summed E-state index contributed by atoms with van der Waals surface area (Å²) < 4.78 is 18.9. The fourth-order valence-corrected chi connectivity index (χ4v) is 1.87. The summed E-state index contributed by atoms with van der Waals surface area (Å²) in [6, 6.07) is 7.82. The van der Waals surface area contributed by atoms with Crippen LogP contribution in [-0.2, 0) is 0 Å². The van der Waals surface area contributed by atoms with Crippen molar-refractivity contribution in [2.45, 2.75) is 0 Å². The second-order valence-electron chi connectivity index (χ2n) is 3.59.